The van der Waals surface area contributed by atoms with Gasteiger partial charge in [0.25, 0.3) is 0 Å². The van der Waals surface area contributed by atoms with Crippen LogP contribution in [0.25, 0.3) is 0 Å². The van der Waals surface area contributed by atoms with Crippen LogP contribution < -0.4 is 4.74 Å². The fourth-order valence-corrected chi connectivity index (χ4v) is 6.00. The number of phenols is 1. The van der Waals surface area contributed by atoms with Gasteiger partial charge in [-0.15, -0.1) is 11.8 Å². The lowest BCUT2D eigenvalue weighted by Gasteiger charge is -2.35. The molecule has 0 amide bonds. The first-order valence-electron chi connectivity index (χ1n) is 11.8. The normalized spacial score (nSPS) is 19.8. The van der Waals surface area contributed by atoms with Gasteiger partial charge >= 0.3 is 0 Å². The molecule has 3 aromatic rings. The van der Waals surface area contributed by atoms with Gasteiger partial charge in [-0.2, -0.15) is 0 Å². The molecule has 0 aromatic heterocycles. The van der Waals surface area contributed by atoms with Crippen LogP contribution in [-0.2, 0) is 0 Å². The van der Waals surface area contributed by atoms with Crippen molar-refractivity contribution in [2.24, 2.45) is 0 Å². The SMILES string of the molecule is Oc1ccc2c(c1)[C@@H](c1ccc(SCCN3CCCC3)cc1)[C@@H](c1c(F)c(F)c(F)c(F)c1F)CO2. The highest BCUT2D eigenvalue weighted by Gasteiger charge is 2.40. The number of benzene rings is 3. The van der Waals surface area contributed by atoms with Crippen molar-refractivity contribution in [3.05, 3.63) is 88.2 Å². The van der Waals surface area contributed by atoms with Crippen molar-refractivity contribution in [1.29, 1.82) is 0 Å². The van der Waals surface area contributed by atoms with Gasteiger partial charge in [-0.25, -0.2) is 22.0 Å². The molecule has 3 aromatic carbocycles. The molecule has 190 valence electrons. The van der Waals surface area contributed by atoms with E-state index in [-0.39, 0.29) is 12.4 Å². The van der Waals surface area contributed by atoms with Crippen LogP contribution in [0.15, 0.2) is 47.4 Å². The number of phenolic OH excluding ortho intramolecular Hbond substituents is 1. The molecule has 1 saturated heterocycles. The third-order valence-electron chi connectivity index (χ3n) is 6.88. The molecule has 1 fully saturated rings. The summed E-state index contributed by atoms with van der Waals surface area (Å²) >= 11 is 1.69. The van der Waals surface area contributed by atoms with Gasteiger partial charge in [-0.05, 0) is 61.8 Å². The molecular weight excluding hydrogens is 497 g/mol. The molecule has 9 heteroatoms. The molecule has 2 atom stereocenters. The molecule has 2 aliphatic rings. The molecule has 36 heavy (non-hydrogen) atoms. The molecule has 1 N–H and O–H groups in total. The Balaban J connectivity index is 1.50. The number of ether oxygens (including phenoxy) is 1. The van der Waals surface area contributed by atoms with Crippen molar-refractivity contribution in [2.75, 3.05) is 32.0 Å². The fraction of sp³-hybridized carbons (Fsp3) is 0.333. The quantitative estimate of drug-likeness (QED) is 0.172. The number of fused-ring (bicyclic) bond motifs is 1. The van der Waals surface area contributed by atoms with E-state index >= 15 is 0 Å². The van der Waals surface area contributed by atoms with Gasteiger partial charge in [0.05, 0.1) is 6.61 Å². The average molecular weight is 522 g/mol. The van der Waals surface area contributed by atoms with Crippen LogP contribution in [0.2, 0.25) is 0 Å². The number of halogens is 5. The van der Waals surface area contributed by atoms with E-state index < -0.39 is 46.5 Å². The number of hydrogen-bond acceptors (Lipinski definition) is 4. The van der Waals surface area contributed by atoms with E-state index in [2.05, 4.69) is 4.90 Å². The van der Waals surface area contributed by atoms with Gasteiger partial charge in [0.15, 0.2) is 23.3 Å². The zero-order valence-electron chi connectivity index (χ0n) is 19.2. The second-order valence-corrected chi connectivity index (χ2v) is 10.2. The molecule has 3 nitrogen and oxygen atoms in total. The number of rotatable bonds is 6. The van der Waals surface area contributed by atoms with Gasteiger partial charge in [0.2, 0.25) is 5.82 Å². The first kappa shape index (κ1) is 24.9. The Bertz CT molecular complexity index is 1240. The van der Waals surface area contributed by atoms with Crippen LogP contribution in [0.4, 0.5) is 22.0 Å². The molecule has 2 aliphatic heterocycles. The number of aromatic hydroxyl groups is 1. The first-order chi connectivity index (χ1) is 17.3. The summed E-state index contributed by atoms with van der Waals surface area (Å²) in [6.45, 7) is 2.93. The Morgan fingerprint density at radius 1 is 0.861 bits per heavy atom. The minimum atomic E-state index is -2.20. The maximum absolute atomic E-state index is 14.8. The van der Waals surface area contributed by atoms with Gasteiger partial charge in [-0.1, -0.05) is 12.1 Å². The molecule has 5 rings (SSSR count). The number of hydrogen-bond donors (Lipinski definition) is 1. The lowest BCUT2D eigenvalue weighted by Crippen LogP contribution is -2.28. The molecule has 0 aliphatic carbocycles. The standard InChI is InChI=1S/C27H24F5NO2S/c28-23-22(24(29)26(31)27(32)25(23)30)19-14-35-20-8-5-16(34)13-18(20)21(19)15-3-6-17(7-4-15)36-12-11-33-9-1-2-10-33/h3-8,13,19,21,34H,1-2,9-12,14H2/t19-,21+/m0/s1. The van der Waals surface area contributed by atoms with Crippen molar-refractivity contribution in [1.82, 2.24) is 4.90 Å². The van der Waals surface area contributed by atoms with E-state index in [4.69, 9.17) is 4.74 Å². The van der Waals surface area contributed by atoms with E-state index in [9.17, 15) is 27.1 Å². The lowest BCUT2D eigenvalue weighted by atomic mass is 9.75. The van der Waals surface area contributed by atoms with E-state index in [1.54, 1.807) is 23.9 Å². The highest BCUT2D eigenvalue weighted by molar-refractivity contribution is 7.99. The fourth-order valence-electron chi connectivity index (χ4n) is 5.08. The Hall–Kier alpha value is -2.78. The lowest BCUT2D eigenvalue weighted by molar-refractivity contribution is 0.237. The van der Waals surface area contributed by atoms with Crippen LogP contribution >= 0.6 is 11.8 Å². The molecule has 0 spiro atoms. The molecule has 0 radical (unpaired) electrons. The van der Waals surface area contributed by atoms with E-state index in [1.165, 1.54) is 31.0 Å². The summed E-state index contributed by atoms with van der Waals surface area (Å²) in [5.41, 5.74) is 0.0991. The number of thioether (sulfide) groups is 1. The summed E-state index contributed by atoms with van der Waals surface area (Å²) in [6, 6.07) is 11.7. The van der Waals surface area contributed by atoms with Crippen molar-refractivity contribution in [2.45, 2.75) is 29.6 Å². The minimum Gasteiger partial charge on any atom is -0.508 e. The third-order valence-corrected chi connectivity index (χ3v) is 7.87. The summed E-state index contributed by atoms with van der Waals surface area (Å²) in [7, 11) is 0. The monoisotopic (exact) mass is 521 g/mol. The zero-order chi connectivity index (χ0) is 25.4. The molecular formula is C27H24F5NO2S. The Morgan fingerprint density at radius 3 is 2.17 bits per heavy atom. The number of nitrogens with zero attached hydrogens (tertiary/aromatic N) is 1. The highest BCUT2D eigenvalue weighted by Crippen LogP contribution is 2.48. The van der Waals surface area contributed by atoms with Crippen molar-refractivity contribution >= 4 is 11.8 Å². The average Bonchev–Trinajstić information content (AvgIpc) is 3.40. The van der Waals surface area contributed by atoms with Crippen LogP contribution in [0.1, 0.15) is 41.4 Å². The summed E-state index contributed by atoms with van der Waals surface area (Å²) < 4.78 is 77.2. The van der Waals surface area contributed by atoms with Crippen LogP contribution in [-0.4, -0.2) is 42.0 Å². The second-order valence-electron chi connectivity index (χ2n) is 9.07. The van der Waals surface area contributed by atoms with Gasteiger partial charge in [0.1, 0.15) is 11.5 Å². The summed E-state index contributed by atoms with van der Waals surface area (Å²) in [4.78, 5) is 3.43. The maximum Gasteiger partial charge on any atom is 0.200 e. The number of likely N-dealkylation sites (tertiary alicyclic amines) is 1. The Kier molecular flexibility index (Phi) is 7.12. The molecule has 2 heterocycles. The third kappa shape index (κ3) is 4.66. The van der Waals surface area contributed by atoms with Crippen molar-refractivity contribution < 1.29 is 31.8 Å². The molecule has 0 unspecified atom stereocenters. The van der Waals surface area contributed by atoms with Gasteiger partial charge in [-0.3, -0.25) is 0 Å². The summed E-state index contributed by atoms with van der Waals surface area (Å²) in [6.07, 6.45) is 2.46. The van der Waals surface area contributed by atoms with E-state index in [1.807, 2.05) is 12.1 Å². The second kappa shape index (κ2) is 10.3. The van der Waals surface area contributed by atoms with Gasteiger partial charge < -0.3 is 14.7 Å². The predicted molar refractivity (Wildman–Crippen MR) is 127 cm³/mol. The largest absolute Gasteiger partial charge is 0.508 e. The van der Waals surface area contributed by atoms with Crippen LogP contribution in [0.5, 0.6) is 11.5 Å². The maximum atomic E-state index is 14.8. The van der Waals surface area contributed by atoms with E-state index in [0.717, 1.165) is 30.3 Å². The smallest absolute Gasteiger partial charge is 0.200 e. The van der Waals surface area contributed by atoms with Crippen LogP contribution in [0, 0.1) is 29.1 Å². The van der Waals surface area contributed by atoms with Crippen molar-refractivity contribution in [3.8, 4) is 11.5 Å². The highest BCUT2D eigenvalue weighted by atomic mass is 32.2. The summed E-state index contributed by atoms with van der Waals surface area (Å²) in [5, 5.41) is 10.1. The Labute approximate surface area is 209 Å². The Morgan fingerprint density at radius 2 is 1.50 bits per heavy atom. The molecule has 0 saturated carbocycles. The predicted octanol–water partition coefficient (Wildman–Crippen LogP) is 6.58. The topological polar surface area (TPSA) is 32.7 Å². The van der Waals surface area contributed by atoms with E-state index in [0.29, 0.717) is 16.9 Å². The van der Waals surface area contributed by atoms with Crippen LogP contribution in [0.3, 0.4) is 0 Å². The van der Waals surface area contributed by atoms with Gasteiger partial charge in [0, 0.05) is 40.2 Å². The van der Waals surface area contributed by atoms with Crippen molar-refractivity contribution in [3.63, 3.8) is 0 Å². The summed E-state index contributed by atoms with van der Waals surface area (Å²) in [5.74, 6) is -10.8. The first-order valence-corrected chi connectivity index (χ1v) is 12.8. The zero-order valence-corrected chi connectivity index (χ0v) is 20.1. The minimum absolute atomic E-state index is 0.102. The molecule has 0 bridgehead atoms.